The van der Waals surface area contributed by atoms with Gasteiger partial charge in [0.05, 0.1) is 28.3 Å². The molecule has 40 heavy (non-hydrogen) atoms. The molecule has 4 nitrogen and oxygen atoms in total. The van der Waals surface area contributed by atoms with E-state index in [1.807, 2.05) is 0 Å². The minimum atomic E-state index is 0.929. The molecule has 0 amide bonds. The number of H-pyrrole nitrogens is 2. The van der Waals surface area contributed by atoms with Crippen molar-refractivity contribution in [2.24, 2.45) is 0 Å². The second-order valence-corrected chi connectivity index (χ2v) is 11.3. The fourth-order valence-electron chi connectivity index (χ4n) is 7.11. The molecular weight excluding hydrogens is 488 g/mol. The van der Waals surface area contributed by atoms with Gasteiger partial charge in [0, 0.05) is 27.7 Å². The lowest BCUT2D eigenvalue weighted by atomic mass is 9.97. The van der Waals surface area contributed by atoms with Crippen molar-refractivity contribution in [3.05, 3.63) is 81.9 Å². The number of hydrogen-bond acceptors (Lipinski definition) is 2. The van der Waals surface area contributed by atoms with E-state index in [1.165, 1.54) is 66.8 Å². The third-order valence-electron chi connectivity index (χ3n) is 9.34. The summed E-state index contributed by atoms with van der Waals surface area (Å²) in [7, 11) is 0. The summed E-state index contributed by atoms with van der Waals surface area (Å²) in [5, 5.41) is 0. The Morgan fingerprint density at radius 3 is 1.95 bits per heavy atom. The summed E-state index contributed by atoms with van der Waals surface area (Å²) in [6.45, 7) is 15.6. The molecule has 0 spiro atoms. The molecule has 2 aliphatic heterocycles. The highest BCUT2D eigenvalue weighted by atomic mass is 14.8. The number of aromatic amines is 2. The summed E-state index contributed by atoms with van der Waals surface area (Å²) in [4.78, 5) is 18.2. The Morgan fingerprint density at radius 2 is 1.25 bits per heavy atom. The lowest BCUT2D eigenvalue weighted by Crippen LogP contribution is -1.87. The topological polar surface area (TPSA) is 57.4 Å². The van der Waals surface area contributed by atoms with Gasteiger partial charge in [0.2, 0.25) is 0 Å². The van der Waals surface area contributed by atoms with Crippen molar-refractivity contribution in [1.29, 1.82) is 0 Å². The van der Waals surface area contributed by atoms with E-state index < -0.39 is 0 Å². The molecule has 0 atom stereocenters. The molecular formula is C36H36N4. The maximum atomic E-state index is 5.36. The molecule has 4 heteroatoms. The standard InChI is InChI=1S/C36H36N4/c1-8-22-18(4)27-15-29-20(6)24(10-3)35(39-29)34-26-14-12-11-13-25(26)33-21(7)30(40-36(33)34)16-28-19(5)23(9-2)32(38-28)17-31(22)37-27/h11-17,38,40H,8-10H2,1-7H3. The second kappa shape index (κ2) is 8.92. The first-order valence-electron chi connectivity index (χ1n) is 14.6. The molecule has 0 saturated heterocycles. The zero-order valence-corrected chi connectivity index (χ0v) is 24.6. The van der Waals surface area contributed by atoms with Gasteiger partial charge in [-0.2, -0.15) is 0 Å². The SMILES string of the molecule is CCC1=C(C)c2cc3nc(c4c5[nH]c(cc6[nH]c(cc1n2)c(CC)c6C)c(C)c5-c1ccccc1-4)C(CC)=C3C. The highest BCUT2D eigenvalue weighted by Gasteiger charge is 2.29. The zero-order valence-electron chi connectivity index (χ0n) is 24.6. The fraction of sp³-hybridized carbons (Fsp3) is 0.278. The molecule has 7 rings (SSSR count). The third kappa shape index (κ3) is 3.32. The van der Waals surface area contributed by atoms with Crippen LogP contribution in [0.25, 0.3) is 66.6 Å². The Balaban J connectivity index is 1.73. The monoisotopic (exact) mass is 524 g/mol. The maximum absolute atomic E-state index is 5.36. The largest absolute Gasteiger partial charge is 0.355 e. The van der Waals surface area contributed by atoms with Gasteiger partial charge in [-0.3, -0.25) is 0 Å². The summed E-state index contributed by atoms with van der Waals surface area (Å²) < 4.78 is 0. The van der Waals surface area contributed by atoms with Crippen LogP contribution < -0.4 is 0 Å². The van der Waals surface area contributed by atoms with Crippen LogP contribution in [0, 0.1) is 13.8 Å². The van der Waals surface area contributed by atoms with Gasteiger partial charge in [0.25, 0.3) is 0 Å². The van der Waals surface area contributed by atoms with Crippen molar-refractivity contribution >= 4 is 44.4 Å². The van der Waals surface area contributed by atoms with E-state index in [0.29, 0.717) is 0 Å². The minimum Gasteiger partial charge on any atom is -0.355 e. The molecule has 0 saturated carbocycles. The number of benzene rings is 1. The molecule has 1 aromatic carbocycles. The second-order valence-electron chi connectivity index (χ2n) is 11.3. The van der Waals surface area contributed by atoms with Crippen LogP contribution >= 0.6 is 0 Å². The van der Waals surface area contributed by atoms with E-state index in [9.17, 15) is 0 Å². The smallest absolute Gasteiger partial charge is 0.0772 e. The van der Waals surface area contributed by atoms with Crippen LogP contribution in [0.15, 0.2) is 42.5 Å². The van der Waals surface area contributed by atoms with Crippen molar-refractivity contribution < 1.29 is 0 Å². The molecule has 8 bridgehead atoms. The summed E-state index contributed by atoms with van der Waals surface area (Å²) in [5.41, 5.74) is 22.9. The number of nitrogens with one attached hydrogen (secondary N) is 2. The predicted octanol–water partition coefficient (Wildman–Crippen LogP) is 9.82. The van der Waals surface area contributed by atoms with Crippen molar-refractivity contribution in [3.63, 3.8) is 0 Å². The first-order valence-corrected chi connectivity index (χ1v) is 14.6. The van der Waals surface area contributed by atoms with Crippen molar-refractivity contribution in [2.45, 2.75) is 67.7 Å². The average molecular weight is 525 g/mol. The van der Waals surface area contributed by atoms with Crippen LogP contribution in [0.1, 0.15) is 86.9 Å². The molecule has 200 valence electrons. The van der Waals surface area contributed by atoms with E-state index in [0.717, 1.165) is 58.6 Å². The Bertz CT molecular complexity index is 1990. The van der Waals surface area contributed by atoms with Gasteiger partial charge in [-0.15, -0.1) is 0 Å². The summed E-state index contributed by atoms with van der Waals surface area (Å²) >= 11 is 0. The maximum Gasteiger partial charge on any atom is 0.0772 e. The van der Waals surface area contributed by atoms with E-state index >= 15 is 0 Å². The van der Waals surface area contributed by atoms with Crippen LogP contribution in [0.2, 0.25) is 0 Å². The third-order valence-corrected chi connectivity index (χ3v) is 9.34. The van der Waals surface area contributed by atoms with E-state index in [-0.39, 0.29) is 0 Å². The summed E-state index contributed by atoms with van der Waals surface area (Å²) in [6, 6.07) is 15.6. The normalized spacial score (nSPS) is 14.0. The molecule has 4 aromatic rings. The molecule has 5 heterocycles. The van der Waals surface area contributed by atoms with Crippen molar-refractivity contribution in [3.8, 4) is 22.3 Å². The van der Waals surface area contributed by atoms with Crippen LogP contribution in [0.3, 0.4) is 0 Å². The number of aromatic nitrogens is 4. The van der Waals surface area contributed by atoms with Gasteiger partial charge >= 0.3 is 0 Å². The highest BCUT2D eigenvalue weighted by Crippen LogP contribution is 2.51. The molecule has 0 radical (unpaired) electrons. The number of nitrogens with zero attached hydrogens (tertiary/aromatic N) is 2. The Hall–Kier alpha value is -4.18. The van der Waals surface area contributed by atoms with Gasteiger partial charge < -0.3 is 9.97 Å². The van der Waals surface area contributed by atoms with Crippen molar-refractivity contribution in [2.75, 3.05) is 0 Å². The minimum absolute atomic E-state index is 0.929. The molecule has 3 aromatic heterocycles. The van der Waals surface area contributed by atoms with Gasteiger partial charge in [-0.05, 0) is 115 Å². The zero-order chi connectivity index (χ0) is 27.9. The number of rotatable bonds is 3. The summed E-state index contributed by atoms with van der Waals surface area (Å²) in [5.74, 6) is 0. The molecule has 1 aliphatic carbocycles. The first-order chi connectivity index (χ1) is 19.4. The Kier molecular flexibility index (Phi) is 5.54. The van der Waals surface area contributed by atoms with Crippen LogP contribution in [-0.2, 0) is 6.42 Å². The van der Waals surface area contributed by atoms with Gasteiger partial charge in [0.1, 0.15) is 0 Å². The Morgan fingerprint density at radius 1 is 0.600 bits per heavy atom. The number of hydrogen-bond donors (Lipinski definition) is 2. The van der Waals surface area contributed by atoms with E-state index in [2.05, 4.69) is 101 Å². The molecule has 2 N–H and O–H groups in total. The van der Waals surface area contributed by atoms with Gasteiger partial charge in [-0.25, -0.2) is 9.97 Å². The van der Waals surface area contributed by atoms with Crippen LogP contribution in [0.5, 0.6) is 0 Å². The average Bonchev–Trinajstić information content (AvgIpc) is 3.69. The van der Waals surface area contributed by atoms with Crippen LogP contribution in [0.4, 0.5) is 0 Å². The lowest BCUT2D eigenvalue weighted by Gasteiger charge is -2.06. The molecule has 0 unspecified atom stereocenters. The van der Waals surface area contributed by atoms with Crippen molar-refractivity contribution in [1.82, 2.24) is 19.9 Å². The van der Waals surface area contributed by atoms with E-state index in [1.54, 1.807) is 0 Å². The molecule has 3 aliphatic rings. The van der Waals surface area contributed by atoms with Gasteiger partial charge in [0.15, 0.2) is 0 Å². The summed E-state index contributed by atoms with van der Waals surface area (Å²) in [6.07, 6.45) is 2.84. The number of fused-ring (bicyclic) bond motifs is 11. The predicted molar refractivity (Wildman–Crippen MR) is 170 cm³/mol. The number of allylic oxidation sites excluding steroid dienone is 4. The Labute approximate surface area is 236 Å². The number of aryl methyl sites for hydroxylation is 3. The fourth-order valence-corrected chi connectivity index (χ4v) is 7.11. The lowest BCUT2D eigenvalue weighted by molar-refractivity contribution is 1.14. The quantitative estimate of drug-likeness (QED) is 0.247. The van der Waals surface area contributed by atoms with Crippen LogP contribution in [-0.4, -0.2) is 19.9 Å². The van der Waals surface area contributed by atoms with Gasteiger partial charge in [-0.1, -0.05) is 45.0 Å². The van der Waals surface area contributed by atoms with E-state index in [4.69, 9.17) is 9.97 Å². The first kappa shape index (κ1) is 24.8. The highest BCUT2D eigenvalue weighted by molar-refractivity contribution is 6.13. The molecule has 0 fully saturated rings.